The number of carbonyl (C=O) groups excluding carboxylic acids is 1. The lowest BCUT2D eigenvalue weighted by atomic mass is 10.1. The van der Waals surface area contributed by atoms with Crippen molar-refractivity contribution < 1.29 is 9.53 Å². The molecule has 0 amide bonds. The van der Waals surface area contributed by atoms with Gasteiger partial charge in [0.15, 0.2) is 5.78 Å². The number of benzene rings is 2. The van der Waals surface area contributed by atoms with Gasteiger partial charge in [-0.1, -0.05) is 12.1 Å². The summed E-state index contributed by atoms with van der Waals surface area (Å²) in [7, 11) is 1.61. The highest BCUT2D eigenvalue weighted by Gasteiger charge is 2.07. The van der Waals surface area contributed by atoms with Crippen molar-refractivity contribution in [2.24, 2.45) is 0 Å². The zero-order chi connectivity index (χ0) is 13.8. The molecule has 0 aromatic heterocycles. The summed E-state index contributed by atoms with van der Waals surface area (Å²) in [5.41, 5.74) is 8.64. The standard InChI is InChI=1S/C15H16N2O2/c1-10(18)11-7-8-13(12(16)9-11)17-14-5-3-4-6-15(14)19-2/h3-9,17H,16H2,1-2H3. The van der Waals surface area contributed by atoms with Crippen LogP contribution in [0.25, 0.3) is 0 Å². The minimum absolute atomic E-state index is 0.00413. The summed E-state index contributed by atoms with van der Waals surface area (Å²) in [4.78, 5) is 11.3. The number of methoxy groups -OCH3 is 1. The van der Waals surface area contributed by atoms with Gasteiger partial charge in [-0.2, -0.15) is 0 Å². The van der Waals surface area contributed by atoms with Gasteiger partial charge in [-0.3, -0.25) is 4.79 Å². The Balaban J connectivity index is 2.31. The number of ketones is 1. The third-order valence-corrected chi connectivity index (χ3v) is 2.83. The molecule has 2 aromatic carbocycles. The van der Waals surface area contributed by atoms with E-state index in [4.69, 9.17) is 10.5 Å². The van der Waals surface area contributed by atoms with Crippen molar-refractivity contribution >= 4 is 22.8 Å². The van der Waals surface area contributed by atoms with Gasteiger partial charge in [-0.05, 0) is 37.3 Å². The summed E-state index contributed by atoms with van der Waals surface area (Å²) in [6.45, 7) is 1.52. The Morgan fingerprint density at radius 2 is 1.89 bits per heavy atom. The maximum atomic E-state index is 11.3. The number of hydrogen-bond acceptors (Lipinski definition) is 4. The first-order valence-electron chi connectivity index (χ1n) is 5.92. The molecule has 0 heterocycles. The molecule has 0 fully saturated rings. The van der Waals surface area contributed by atoms with Crippen LogP contribution in [-0.4, -0.2) is 12.9 Å². The van der Waals surface area contributed by atoms with Crippen molar-refractivity contribution in [2.75, 3.05) is 18.2 Å². The van der Waals surface area contributed by atoms with Crippen LogP contribution in [0.1, 0.15) is 17.3 Å². The van der Waals surface area contributed by atoms with Crippen molar-refractivity contribution in [1.82, 2.24) is 0 Å². The highest BCUT2D eigenvalue weighted by molar-refractivity contribution is 5.96. The zero-order valence-electron chi connectivity index (χ0n) is 10.9. The van der Waals surface area contributed by atoms with Crippen LogP contribution in [0.5, 0.6) is 5.75 Å². The van der Waals surface area contributed by atoms with Crippen molar-refractivity contribution in [1.29, 1.82) is 0 Å². The smallest absolute Gasteiger partial charge is 0.159 e. The summed E-state index contributed by atoms with van der Waals surface area (Å²) in [5, 5.41) is 3.20. The van der Waals surface area contributed by atoms with Gasteiger partial charge in [0.1, 0.15) is 5.75 Å². The Labute approximate surface area is 112 Å². The molecule has 2 rings (SSSR count). The summed E-state index contributed by atoms with van der Waals surface area (Å²) < 4.78 is 5.26. The fourth-order valence-electron chi connectivity index (χ4n) is 1.79. The molecule has 0 aliphatic carbocycles. The van der Waals surface area contributed by atoms with Crippen LogP contribution < -0.4 is 15.8 Å². The summed E-state index contributed by atoms with van der Waals surface area (Å²) in [6.07, 6.45) is 0. The van der Waals surface area contributed by atoms with E-state index in [1.54, 1.807) is 25.3 Å². The second-order valence-corrected chi connectivity index (χ2v) is 4.18. The monoisotopic (exact) mass is 256 g/mol. The molecule has 4 heteroatoms. The number of rotatable bonds is 4. The Morgan fingerprint density at radius 1 is 1.16 bits per heavy atom. The normalized spacial score (nSPS) is 10.0. The molecule has 19 heavy (non-hydrogen) atoms. The van der Waals surface area contributed by atoms with E-state index in [0.717, 1.165) is 17.1 Å². The van der Waals surface area contributed by atoms with Crippen LogP contribution in [0, 0.1) is 0 Å². The molecule has 98 valence electrons. The Hall–Kier alpha value is -2.49. The highest BCUT2D eigenvalue weighted by Crippen LogP contribution is 2.30. The minimum atomic E-state index is -0.00413. The predicted octanol–water partition coefficient (Wildman–Crippen LogP) is 3.22. The molecule has 0 saturated carbocycles. The molecule has 0 bridgehead atoms. The van der Waals surface area contributed by atoms with Crippen molar-refractivity contribution in [2.45, 2.75) is 6.92 Å². The van der Waals surface area contributed by atoms with Crippen molar-refractivity contribution in [3.63, 3.8) is 0 Å². The second kappa shape index (κ2) is 5.44. The van der Waals surface area contributed by atoms with Gasteiger partial charge < -0.3 is 15.8 Å². The minimum Gasteiger partial charge on any atom is -0.495 e. The van der Waals surface area contributed by atoms with Gasteiger partial charge in [-0.15, -0.1) is 0 Å². The predicted molar refractivity (Wildman–Crippen MR) is 77.1 cm³/mol. The second-order valence-electron chi connectivity index (χ2n) is 4.18. The molecule has 0 radical (unpaired) electrons. The van der Waals surface area contributed by atoms with Gasteiger partial charge in [0, 0.05) is 5.56 Å². The number of anilines is 3. The lowest BCUT2D eigenvalue weighted by Gasteiger charge is -2.13. The Morgan fingerprint density at radius 3 is 2.53 bits per heavy atom. The van der Waals surface area contributed by atoms with Crippen LogP contribution in [0.3, 0.4) is 0 Å². The zero-order valence-corrected chi connectivity index (χ0v) is 10.9. The topological polar surface area (TPSA) is 64.3 Å². The molecular weight excluding hydrogens is 240 g/mol. The molecule has 0 spiro atoms. The van der Waals surface area contributed by atoms with E-state index < -0.39 is 0 Å². The summed E-state index contributed by atoms with van der Waals surface area (Å²) in [5.74, 6) is 0.730. The lowest BCUT2D eigenvalue weighted by molar-refractivity contribution is 0.101. The number of nitrogen functional groups attached to an aromatic ring is 1. The molecule has 3 N–H and O–H groups in total. The number of nitrogens with two attached hydrogens (primary N) is 1. The first-order valence-corrected chi connectivity index (χ1v) is 5.92. The third-order valence-electron chi connectivity index (χ3n) is 2.83. The van der Waals surface area contributed by atoms with Crippen LogP contribution in [-0.2, 0) is 0 Å². The van der Waals surface area contributed by atoms with E-state index in [-0.39, 0.29) is 5.78 Å². The average Bonchev–Trinajstić information content (AvgIpc) is 2.41. The number of ether oxygens (including phenoxy) is 1. The molecule has 0 aliphatic heterocycles. The maximum Gasteiger partial charge on any atom is 0.159 e. The average molecular weight is 256 g/mol. The Bertz CT molecular complexity index is 609. The van der Waals surface area contributed by atoms with Gasteiger partial charge in [-0.25, -0.2) is 0 Å². The lowest BCUT2D eigenvalue weighted by Crippen LogP contribution is -2.00. The third kappa shape index (κ3) is 2.85. The fourth-order valence-corrected chi connectivity index (χ4v) is 1.79. The quantitative estimate of drug-likeness (QED) is 0.651. The molecular formula is C15H16N2O2. The van der Waals surface area contributed by atoms with Gasteiger partial charge in [0.2, 0.25) is 0 Å². The van der Waals surface area contributed by atoms with E-state index in [1.165, 1.54) is 6.92 Å². The van der Waals surface area contributed by atoms with Crippen molar-refractivity contribution in [3.8, 4) is 5.75 Å². The van der Waals surface area contributed by atoms with Crippen molar-refractivity contribution in [3.05, 3.63) is 48.0 Å². The molecule has 0 atom stereocenters. The molecule has 0 unspecified atom stereocenters. The summed E-state index contributed by atoms with van der Waals surface area (Å²) in [6, 6.07) is 12.8. The maximum absolute atomic E-state index is 11.3. The van der Waals surface area contributed by atoms with E-state index >= 15 is 0 Å². The highest BCUT2D eigenvalue weighted by atomic mass is 16.5. The number of carbonyl (C=O) groups is 1. The first-order chi connectivity index (χ1) is 9.11. The van der Waals surface area contributed by atoms with Gasteiger partial charge >= 0.3 is 0 Å². The molecule has 0 saturated heterocycles. The van der Waals surface area contributed by atoms with E-state index in [1.807, 2.05) is 24.3 Å². The van der Waals surface area contributed by atoms with E-state index in [2.05, 4.69) is 5.32 Å². The number of para-hydroxylation sites is 2. The van der Waals surface area contributed by atoms with Gasteiger partial charge in [0.05, 0.1) is 24.2 Å². The molecule has 0 aliphatic rings. The Kier molecular flexibility index (Phi) is 3.71. The number of nitrogens with one attached hydrogen (secondary N) is 1. The fraction of sp³-hybridized carbons (Fsp3) is 0.133. The SMILES string of the molecule is COc1ccccc1Nc1ccc(C(C)=O)cc1N. The van der Waals surface area contributed by atoms with Gasteiger partial charge in [0.25, 0.3) is 0 Å². The van der Waals surface area contributed by atoms with Crippen LogP contribution in [0.4, 0.5) is 17.1 Å². The summed E-state index contributed by atoms with van der Waals surface area (Å²) >= 11 is 0. The van der Waals surface area contributed by atoms with Crippen LogP contribution >= 0.6 is 0 Å². The molecule has 4 nitrogen and oxygen atoms in total. The number of hydrogen-bond donors (Lipinski definition) is 2. The largest absolute Gasteiger partial charge is 0.495 e. The van der Waals surface area contributed by atoms with Crippen LogP contribution in [0.15, 0.2) is 42.5 Å². The number of Topliss-reactive ketones (excluding diaryl/α,β-unsaturated/α-hetero) is 1. The van der Waals surface area contributed by atoms with Crippen LogP contribution in [0.2, 0.25) is 0 Å². The molecule has 2 aromatic rings. The van der Waals surface area contributed by atoms with E-state index in [0.29, 0.717) is 11.3 Å². The van der Waals surface area contributed by atoms with E-state index in [9.17, 15) is 4.79 Å². The first kappa shape index (κ1) is 13.0.